The van der Waals surface area contributed by atoms with E-state index in [1.54, 1.807) is 0 Å². The summed E-state index contributed by atoms with van der Waals surface area (Å²) < 4.78 is 6.28. The number of hydrogen-bond acceptors (Lipinski definition) is 3. The van der Waals surface area contributed by atoms with Crippen molar-refractivity contribution < 1.29 is 9.53 Å². The Morgan fingerprint density at radius 3 is 2.90 bits per heavy atom. The number of rotatable bonds is 8. The second kappa shape index (κ2) is 7.22. The van der Waals surface area contributed by atoms with Gasteiger partial charge in [-0.1, -0.05) is 13.8 Å². The normalized spacial score (nSPS) is 14.8. The largest absolute Gasteiger partial charge is 0.381 e. The third-order valence-electron chi connectivity index (χ3n) is 3.33. The highest BCUT2D eigenvalue weighted by atomic mass is 79.9. The maximum Gasteiger partial charge on any atom is 0.272 e. The molecule has 0 radical (unpaired) electrons. The van der Waals surface area contributed by atoms with Gasteiger partial charge in [-0.3, -0.25) is 9.89 Å². The van der Waals surface area contributed by atoms with Gasteiger partial charge in [-0.15, -0.1) is 0 Å². The van der Waals surface area contributed by atoms with Gasteiger partial charge in [0.25, 0.3) is 5.91 Å². The van der Waals surface area contributed by atoms with Gasteiger partial charge in [-0.25, -0.2) is 0 Å². The molecule has 20 heavy (non-hydrogen) atoms. The zero-order chi connectivity index (χ0) is 14.5. The summed E-state index contributed by atoms with van der Waals surface area (Å²) in [6.07, 6.45) is 3.45. The number of hydrogen-bond donors (Lipinski definition) is 2. The van der Waals surface area contributed by atoms with Gasteiger partial charge in [-0.05, 0) is 47.0 Å². The van der Waals surface area contributed by atoms with Crippen LogP contribution in [0.1, 0.15) is 55.2 Å². The highest BCUT2D eigenvalue weighted by Crippen LogP contribution is 2.28. The van der Waals surface area contributed by atoms with E-state index in [-0.39, 0.29) is 5.91 Å². The third-order valence-corrected chi connectivity index (χ3v) is 4.13. The van der Waals surface area contributed by atoms with Crippen LogP contribution in [-0.2, 0) is 4.74 Å². The summed E-state index contributed by atoms with van der Waals surface area (Å²) in [6.45, 7) is 6.29. The van der Waals surface area contributed by atoms with Crippen LogP contribution in [0.25, 0.3) is 0 Å². The summed E-state index contributed by atoms with van der Waals surface area (Å²) in [5, 5.41) is 9.83. The van der Waals surface area contributed by atoms with E-state index in [2.05, 4.69) is 45.3 Å². The summed E-state index contributed by atoms with van der Waals surface area (Å²) in [5.41, 5.74) is 1.37. The number of aromatic nitrogens is 2. The van der Waals surface area contributed by atoms with Crippen LogP contribution in [0, 0.1) is 5.92 Å². The highest BCUT2D eigenvalue weighted by molar-refractivity contribution is 9.10. The fourth-order valence-electron chi connectivity index (χ4n) is 1.87. The lowest BCUT2D eigenvalue weighted by Crippen LogP contribution is -2.26. The van der Waals surface area contributed by atoms with Crippen molar-refractivity contribution in [1.29, 1.82) is 0 Å². The van der Waals surface area contributed by atoms with E-state index in [1.165, 1.54) is 12.8 Å². The molecule has 112 valence electrons. The molecule has 1 aliphatic rings. The first-order chi connectivity index (χ1) is 9.59. The maximum atomic E-state index is 12.0. The fourth-order valence-corrected chi connectivity index (χ4v) is 2.68. The number of halogens is 1. The van der Waals surface area contributed by atoms with E-state index in [0.29, 0.717) is 24.8 Å². The molecule has 0 unspecified atom stereocenters. The second-order valence-electron chi connectivity index (χ2n) is 5.58. The minimum absolute atomic E-state index is 0.151. The summed E-state index contributed by atoms with van der Waals surface area (Å²) in [5.74, 6) is 0.940. The fraction of sp³-hybridized carbons (Fsp3) is 0.714. The van der Waals surface area contributed by atoms with Gasteiger partial charge >= 0.3 is 0 Å². The minimum atomic E-state index is -0.151. The Kier molecular flexibility index (Phi) is 5.60. The van der Waals surface area contributed by atoms with Crippen molar-refractivity contribution in [3.8, 4) is 0 Å². The molecule has 0 spiro atoms. The molecule has 0 aliphatic heterocycles. The first-order valence-electron chi connectivity index (χ1n) is 7.19. The Hall–Kier alpha value is -0.880. The number of amides is 1. The Labute approximate surface area is 128 Å². The molecule has 0 bridgehead atoms. The summed E-state index contributed by atoms with van der Waals surface area (Å²) in [4.78, 5) is 12.0. The van der Waals surface area contributed by atoms with Crippen LogP contribution in [0.5, 0.6) is 0 Å². The van der Waals surface area contributed by atoms with Crippen molar-refractivity contribution >= 4 is 21.8 Å². The molecule has 6 heteroatoms. The second-order valence-corrected chi connectivity index (χ2v) is 6.38. The van der Waals surface area contributed by atoms with Gasteiger partial charge in [-0.2, -0.15) is 5.10 Å². The molecule has 1 amide bonds. The smallest absolute Gasteiger partial charge is 0.272 e. The van der Waals surface area contributed by atoms with E-state index >= 15 is 0 Å². The molecule has 1 saturated carbocycles. The molecule has 1 aromatic heterocycles. The first-order valence-corrected chi connectivity index (χ1v) is 7.98. The molecule has 1 aliphatic carbocycles. The van der Waals surface area contributed by atoms with Crippen molar-refractivity contribution in [2.75, 3.05) is 19.8 Å². The Morgan fingerprint density at radius 1 is 1.55 bits per heavy atom. The lowest BCUT2D eigenvalue weighted by atomic mass is 10.1. The van der Waals surface area contributed by atoms with Crippen molar-refractivity contribution in [3.63, 3.8) is 0 Å². The minimum Gasteiger partial charge on any atom is -0.381 e. The average Bonchev–Trinajstić information content (AvgIpc) is 3.14. The molecule has 1 heterocycles. The van der Waals surface area contributed by atoms with Gasteiger partial charge in [0.1, 0.15) is 0 Å². The van der Waals surface area contributed by atoms with Gasteiger partial charge in [0.05, 0.1) is 10.2 Å². The van der Waals surface area contributed by atoms with Crippen LogP contribution in [0.3, 0.4) is 0 Å². The zero-order valence-electron chi connectivity index (χ0n) is 12.0. The van der Waals surface area contributed by atoms with Crippen LogP contribution in [0.15, 0.2) is 4.47 Å². The predicted molar refractivity (Wildman–Crippen MR) is 80.9 cm³/mol. The molecule has 1 fully saturated rings. The molecule has 2 rings (SSSR count). The van der Waals surface area contributed by atoms with Crippen molar-refractivity contribution in [2.24, 2.45) is 5.92 Å². The predicted octanol–water partition coefficient (Wildman–Crippen LogP) is 2.84. The maximum absolute atomic E-state index is 12.0. The van der Waals surface area contributed by atoms with E-state index in [4.69, 9.17) is 4.74 Å². The van der Waals surface area contributed by atoms with Crippen LogP contribution in [0.4, 0.5) is 0 Å². The molecule has 0 aromatic carbocycles. The van der Waals surface area contributed by atoms with Gasteiger partial charge < -0.3 is 10.1 Å². The van der Waals surface area contributed by atoms with Crippen LogP contribution < -0.4 is 5.32 Å². The lowest BCUT2D eigenvalue weighted by Gasteiger charge is -2.05. The number of nitrogens with zero attached hydrogens (tertiary/aromatic N) is 1. The van der Waals surface area contributed by atoms with Gasteiger partial charge in [0, 0.05) is 19.8 Å². The molecular weight excluding hydrogens is 322 g/mol. The number of carbonyl (C=O) groups is 1. The van der Waals surface area contributed by atoms with Crippen LogP contribution in [0.2, 0.25) is 0 Å². The molecule has 2 N–H and O–H groups in total. The molecule has 1 aromatic rings. The summed E-state index contributed by atoms with van der Waals surface area (Å²) in [6, 6.07) is 0. The Bertz CT molecular complexity index is 455. The van der Waals surface area contributed by atoms with E-state index in [9.17, 15) is 4.79 Å². The Morgan fingerprint density at radius 2 is 2.30 bits per heavy atom. The third kappa shape index (κ3) is 4.31. The lowest BCUT2D eigenvalue weighted by molar-refractivity contribution is 0.0932. The Balaban J connectivity index is 1.68. The average molecular weight is 344 g/mol. The monoisotopic (exact) mass is 343 g/mol. The molecule has 0 atom stereocenters. The summed E-state index contributed by atoms with van der Waals surface area (Å²) in [7, 11) is 0. The standard InChI is InChI=1S/C14H22BrN3O2/c1-9(2)12-11(15)13(18-17-12)14(19)16-6-3-7-20-8-10-4-5-10/h9-10H,3-8H2,1-2H3,(H,16,19)(H,17,18). The number of H-pyrrole nitrogens is 1. The molecule has 0 saturated heterocycles. The van der Waals surface area contributed by atoms with Crippen LogP contribution in [-0.4, -0.2) is 35.9 Å². The molecular formula is C14H22BrN3O2. The first kappa shape index (κ1) is 15.5. The van der Waals surface area contributed by atoms with E-state index in [0.717, 1.165) is 29.1 Å². The van der Waals surface area contributed by atoms with Crippen molar-refractivity contribution in [2.45, 2.75) is 39.0 Å². The van der Waals surface area contributed by atoms with Crippen molar-refractivity contribution in [3.05, 3.63) is 15.9 Å². The number of aromatic amines is 1. The SMILES string of the molecule is CC(C)c1[nH]nc(C(=O)NCCCOCC2CC2)c1Br. The summed E-state index contributed by atoms with van der Waals surface area (Å²) >= 11 is 3.43. The van der Waals surface area contributed by atoms with Crippen LogP contribution >= 0.6 is 15.9 Å². The molecule has 5 nitrogen and oxygen atoms in total. The van der Waals surface area contributed by atoms with Crippen molar-refractivity contribution in [1.82, 2.24) is 15.5 Å². The quantitative estimate of drug-likeness (QED) is 0.713. The number of nitrogens with one attached hydrogen (secondary N) is 2. The topological polar surface area (TPSA) is 67.0 Å². The van der Waals surface area contributed by atoms with E-state index < -0.39 is 0 Å². The van der Waals surface area contributed by atoms with Gasteiger partial charge in [0.15, 0.2) is 5.69 Å². The number of carbonyl (C=O) groups excluding carboxylic acids is 1. The van der Waals surface area contributed by atoms with E-state index in [1.807, 2.05) is 0 Å². The zero-order valence-corrected chi connectivity index (χ0v) is 13.6. The number of ether oxygens (including phenoxy) is 1. The van der Waals surface area contributed by atoms with Gasteiger partial charge in [0.2, 0.25) is 0 Å². The highest BCUT2D eigenvalue weighted by Gasteiger charge is 2.21.